The maximum atomic E-state index is 12.5. The Labute approximate surface area is 192 Å². The van der Waals surface area contributed by atoms with Crippen molar-refractivity contribution in [1.82, 2.24) is 15.1 Å². The van der Waals surface area contributed by atoms with Crippen LogP contribution in [0.5, 0.6) is 0 Å². The maximum absolute atomic E-state index is 12.5. The van der Waals surface area contributed by atoms with Crippen LogP contribution in [0, 0.1) is 6.92 Å². The molecule has 168 valence electrons. The molecule has 2 aromatic carbocycles. The standard InChI is InChI=1S/C25H26N6O2/c1-17-15-23(31-13-5-2-6-14-31)29-25(26-17)28-19-11-9-18(10-12-19)27-24(32)16-21-20-7-3-4-8-22(20)33-30-21/h3-4,7-12,15H,2,5-6,13-14,16H2,1H3,(H,27,32)(H,26,28,29). The summed E-state index contributed by atoms with van der Waals surface area (Å²) < 4.78 is 5.27. The van der Waals surface area contributed by atoms with Crippen molar-refractivity contribution >= 4 is 40.0 Å². The van der Waals surface area contributed by atoms with Gasteiger partial charge in [0.25, 0.3) is 0 Å². The lowest BCUT2D eigenvalue weighted by Crippen LogP contribution is -2.30. The van der Waals surface area contributed by atoms with Crippen LogP contribution in [-0.4, -0.2) is 34.1 Å². The summed E-state index contributed by atoms with van der Waals surface area (Å²) in [7, 11) is 0. The normalized spacial score (nSPS) is 13.8. The first-order chi connectivity index (χ1) is 16.1. The van der Waals surface area contributed by atoms with Gasteiger partial charge in [-0.1, -0.05) is 17.3 Å². The molecule has 33 heavy (non-hydrogen) atoms. The summed E-state index contributed by atoms with van der Waals surface area (Å²) in [6, 6.07) is 17.0. The van der Waals surface area contributed by atoms with Crippen LogP contribution in [0.3, 0.4) is 0 Å². The van der Waals surface area contributed by atoms with E-state index in [-0.39, 0.29) is 12.3 Å². The van der Waals surface area contributed by atoms with E-state index in [0.29, 0.717) is 22.9 Å². The number of nitrogens with zero attached hydrogens (tertiary/aromatic N) is 4. The summed E-state index contributed by atoms with van der Waals surface area (Å²) in [5, 5.41) is 11.1. The molecular weight excluding hydrogens is 416 g/mol. The lowest BCUT2D eigenvalue weighted by Gasteiger charge is -2.28. The fraction of sp³-hybridized carbons (Fsp3) is 0.280. The van der Waals surface area contributed by atoms with Crippen molar-refractivity contribution in [2.75, 3.05) is 28.6 Å². The van der Waals surface area contributed by atoms with Gasteiger partial charge in [0.2, 0.25) is 11.9 Å². The van der Waals surface area contributed by atoms with Crippen LogP contribution in [0.25, 0.3) is 11.0 Å². The smallest absolute Gasteiger partial charge is 0.230 e. The zero-order valence-electron chi connectivity index (χ0n) is 18.5. The second-order valence-corrected chi connectivity index (χ2v) is 8.29. The van der Waals surface area contributed by atoms with Gasteiger partial charge < -0.3 is 20.1 Å². The van der Waals surface area contributed by atoms with E-state index in [1.807, 2.05) is 61.5 Å². The van der Waals surface area contributed by atoms with E-state index in [0.717, 1.165) is 35.7 Å². The molecule has 1 saturated heterocycles. The number of para-hydroxylation sites is 1. The zero-order chi connectivity index (χ0) is 22.6. The van der Waals surface area contributed by atoms with Gasteiger partial charge in [0.1, 0.15) is 11.5 Å². The molecule has 1 fully saturated rings. The predicted octanol–water partition coefficient (Wildman–Crippen LogP) is 4.84. The number of rotatable bonds is 6. The second-order valence-electron chi connectivity index (χ2n) is 8.29. The molecule has 2 aromatic heterocycles. The minimum Gasteiger partial charge on any atom is -0.356 e. The van der Waals surface area contributed by atoms with Gasteiger partial charge in [-0.25, -0.2) is 4.98 Å². The van der Waals surface area contributed by atoms with Crippen molar-refractivity contribution in [2.45, 2.75) is 32.6 Å². The lowest BCUT2D eigenvalue weighted by molar-refractivity contribution is -0.115. The molecule has 1 amide bonds. The zero-order valence-corrected chi connectivity index (χ0v) is 18.5. The van der Waals surface area contributed by atoms with Crippen LogP contribution in [0.1, 0.15) is 30.7 Å². The minimum absolute atomic E-state index is 0.146. The van der Waals surface area contributed by atoms with Gasteiger partial charge in [0, 0.05) is 41.6 Å². The average molecular weight is 443 g/mol. The number of benzene rings is 2. The monoisotopic (exact) mass is 442 g/mol. The molecule has 8 nitrogen and oxygen atoms in total. The predicted molar refractivity (Wildman–Crippen MR) is 129 cm³/mol. The van der Waals surface area contributed by atoms with Crippen LogP contribution in [-0.2, 0) is 11.2 Å². The number of aryl methyl sites for hydroxylation is 1. The third-order valence-electron chi connectivity index (χ3n) is 5.73. The maximum Gasteiger partial charge on any atom is 0.230 e. The van der Waals surface area contributed by atoms with Crippen molar-refractivity contribution in [3.05, 3.63) is 66.0 Å². The third-order valence-corrected chi connectivity index (χ3v) is 5.73. The first-order valence-corrected chi connectivity index (χ1v) is 11.2. The Morgan fingerprint density at radius 1 is 1.00 bits per heavy atom. The first kappa shape index (κ1) is 20.9. The lowest BCUT2D eigenvalue weighted by atomic mass is 10.1. The van der Waals surface area contributed by atoms with E-state index >= 15 is 0 Å². The number of piperidine rings is 1. The molecule has 0 radical (unpaired) electrons. The fourth-order valence-corrected chi connectivity index (χ4v) is 4.08. The summed E-state index contributed by atoms with van der Waals surface area (Å²) in [6.07, 6.45) is 3.83. The number of carbonyl (C=O) groups is 1. The molecule has 0 aliphatic carbocycles. The van der Waals surface area contributed by atoms with E-state index in [4.69, 9.17) is 9.51 Å². The summed E-state index contributed by atoms with van der Waals surface area (Å²) in [4.78, 5) is 24.0. The van der Waals surface area contributed by atoms with Gasteiger partial charge in [-0.15, -0.1) is 0 Å². The molecule has 8 heteroatoms. The van der Waals surface area contributed by atoms with Crippen LogP contribution in [0.2, 0.25) is 0 Å². The molecule has 0 atom stereocenters. The summed E-state index contributed by atoms with van der Waals surface area (Å²) in [5.41, 5.74) is 3.79. The van der Waals surface area contributed by atoms with Crippen LogP contribution >= 0.6 is 0 Å². The highest BCUT2D eigenvalue weighted by molar-refractivity contribution is 5.94. The Morgan fingerprint density at radius 2 is 1.76 bits per heavy atom. The van der Waals surface area contributed by atoms with Gasteiger partial charge >= 0.3 is 0 Å². The highest BCUT2D eigenvalue weighted by atomic mass is 16.5. The van der Waals surface area contributed by atoms with E-state index in [2.05, 4.69) is 25.7 Å². The Kier molecular flexibility index (Phi) is 5.89. The van der Waals surface area contributed by atoms with Gasteiger partial charge in [-0.3, -0.25) is 4.79 Å². The molecule has 1 aliphatic heterocycles. The number of aromatic nitrogens is 3. The molecule has 0 bridgehead atoms. The summed E-state index contributed by atoms with van der Waals surface area (Å²) in [5.74, 6) is 1.39. The average Bonchev–Trinajstić information content (AvgIpc) is 3.23. The number of fused-ring (bicyclic) bond motifs is 1. The van der Waals surface area contributed by atoms with Crippen molar-refractivity contribution in [1.29, 1.82) is 0 Å². The SMILES string of the molecule is Cc1cc(N2CCCCC2)nc(Nc2ccc(NC(=O)Cc3noc4ccccc34)cc2)n1. The molecule has 0 saturated carbocycles. The van der Waals surface area contributed by atoms with Gasteiger partial charge in [-0.05, 0) is 62.6 Å². The molecule has 1 aliphatic rings. The highest BCUT2D eigenvalue weighted by Gasteiger charge is 2.15. The van der Waals surface area contributed by atoms with E-state index < -0.39 is 0 Å². The Morgan fingerprint density at radius 3 is 2.58 bits per heavy atom. The second kappa shape index (κ2) is 9.28. The van der Waals surface area contributed by atoms with Crippen molar-refractivity contribution < 1.29 is 9.32 Å². The van der Waals surface area contributed by atoms with E-state index in [1.54, 1.807) is 0 Å². The van der Waals surface area contributed by atoms with Gasteiger partial charge in [0.15, 0.2) is 5.58 Å². The van der Waals surface area contributed by atoms with Gasteiger partial charge in [0.05, 0.1) is 6.42 Å². The Hall–Kier alpha value is -3.94. The van der Waals surface area contributed by atoms with Crippen molar-refractivity contribution in [3.8, 4) is 0 Å². The molecule has 2 N–H and O–H groups in total. The number of hydrogen-bond donors (Lipinski definition) is 2. The molecule has 0 unspecified atom stereocenters. The number of nitrogens with one attached hydrogen (secondary N) is 2. The molecule has 3 heterocycles. The van der Waals surface area contributed by atoms with E-state index in [1.165, 1.54) is 19.3 Å². The molecular formula is C25H26N6O2. The van der Waals surface area contributed by atoms with Crippen LogP contribution in [0.4, 0.5) is 23.1 Å². The first-order valence-electron chi connectivity index (χ1n) is 11.2. The van der Waals surface area contributed by atoms with Gasteiger partial charge in [-0.2, -0.15) is 4.98 Å². The summed E-state index contributed by atoms with van der Waals surface area (Å²) in [6.45, 7) is 4.06. The Balaban J connectivity index is 1.22. The number of anilines is 4. The topological polar surface area (TPSA) is 96.2 Å². The molecule has 5 rings (SSSR count). The number of hydrogen-bond acceptors (Lipinski definition) is 7. The fourth-order valence-electron chi connectivity index (χ4n) is 4.08. The van der Waals surface area contributed by atoms with E-state index in [9.17, 15) is 4.79 Å². The van der Waals surface area contributed by atoms with Crippen molar-refractivity contribution in [2.24, 2.45) is 0 Å². The molecule has 0 spiro atoms. The largest absolute Gasteiger partial charge is 0.356 e. The minimum atomic E-state index is -0.150. The number of amides is 1. The quantitative estimate of drug-likeness (QED) is 0.441. The highest BCUT2D eigenvalue weighted by Crippen LogP contribution is 2.23. The number of carbonyl (C=O) groups excluding carboxylic acids is 1. The molecule has 4 aromatic rings. The summed E-state index contributed by atoms with van der Waals surface area (Å²) >= 11 is 0. The third kappa shape index (κ3) is 4.95. The Bertz CT molecular complexity index is 1260. The van der Waals surface area contributed by atoms with Crippen LogP contribution < -0.4 is 15.5 Å². The van der Waals surface area contributed by atoms with Crippen LogP contribution in [0.15, 0.2) is 59.1 Å². The van der Waals surface area contributed by atoms with Crippen molar-refractivity contribution in [3.63, 3.8) is 0 Å².